The van der Waals surface area contributed by atoms with Crippen LogP contribution in [0, 0.1) is 12.8 Å². The molecule has 0 aliphatic carbocycles. The van der Waals surface area contributed by atoms with Gasteiger partial charge in [-0.2, -0.15) is 0 Å². The molecule has 1 amide bonds. The lowest BCUT2D eigenvalue weighted by Crippen LogP contribution is -2.08. The molecule has 1 N–H and O–H groups in total. The number of aromatic nitrogens is 1. The molecule has 1 aliphatic rings. The number of amides is 1. The normalized spacial score (nSPS) is 19.8. The van der Waals surface area contributed by atoms with Crippen molar-refractivity contribution in [3.63, 3.8) is 0 Å². The number of fused-ring (bicyclic) bond motifs is 1. The van der Waals surface area contributed by atoms with Crippen molar-refractivity contribution in [3.8, 4) is 5.88 Å². The fourth-order valence-corrected chi connectivity index (χ4v) is 5.14. The van der Waals surface area contributed by atoms with Crippen LogP contribution < -0.4 is 0 Å². The molecule has 25 heavy (non-hydrogen) atoms. The fourth-order valence-electron chi connectivity index (χ4n) is 3.28. The molecule has 134 valence electrons. The molecule has 1 aliphatic heterocycles. The molecule has 0 bridgehead atoms. The van der Waals surface area contributed by atoms with Crippen molar-refractivity contribution in [2.75, 3.05) is 11.5 Å². The highest BCUT2D eigenvalue weighted by Gasteiger charge is 2.29. The average Bonchev–Trinajstić information content (AvgIpc) is 3.01. The molecule has 1 aromatic carbocycles. The molecule has 1 aromatic heterocycles. The molecule has 1 fully saturated rings. The maximum atomic E-state index is 12.0. The van der Waals surface area contributed by atoms with E-state index in [1.165, 1.54) is 0 Å². The van der Waals surface area contributed by atoms with Gasteiger partial charge in [-0.15, -0.1) is 10.2 Å². The molecule has 1 saturated heterocycles. The quantitative estimate of drug-likeness (QED) is 0.843. The van der Waals surface area contributed by atoms with Gasteiger partial charge in [0, 0.05) is 18.4 Å². The average molecular weight is 363 g/mol. The second kappa shape index (κ2) is 6.59. The van der Waals surface area contributed by atoms with Crippen molar-refractivity contribution in [2.24, 2.45) is 16.1 Å². The third-order valence-electron chi connectivity index (χ3n) is 4.53. The summed E-state index contributed by atoms with van der Waals surface area (Å²) >= 11 is 0. The van der Waals surface area contributed by atoms with E-state index in [0.29, 0.717) is 13.0 Å². The van der Waals surface area contributed by atoms with E-state index < -0.39 is 15.7 Å². The Morgan fingerprint density at radius 2 is 2.16 bits per heavy atom. The van der Waals surface area contributed by atoms with Crippen LogP contribution in [0.1, 0.15) is 25.3 Å². The van der Waals surface area contributed by atoms with Crippen LogP contribution in [0.25, 0.3) is 10.9 Å². The molecular formula is C17H21N3O4S. The minimum atomic E-state index is -3.02. The molecule has 1 atom stereocenters. The van der Waals surface area contributed by atoms with Gasteiger partial charge in [-0.05, 0) is 38.3 Å². The maximum absolute atomic E-state index is 12.0. The molecule has 0 saturated carbocycles. The van der Waals surface area contributed by atoms with E-state index in [0.717, 1.165) is 16.5 Å². The number of rotatable bonds is 4. The molecule has 0 unspecified atom stereocenters. The fraction of sp³-hybridized carbons (Fsp3) is 0.471. The first kappa shape index (κ1) is 17.6. The Morgan fingerprint density at radius 1 is 1.40 bits per heavy atom. The third kappa shape index (κ3) is 3.58. The highest BCUT2D eigenvalue weighted by atomic mass is 32.2. The highest BCUT2D eigenvalue weighted by Crippen LogP contribution is 2.39. The minimum Gasteiger partial charge on any atom is -0.493 e. The predicted octanol–water partition coefficient (Wildman–Crippen LogP) is 3.11. The summed E-state index contributed by atoms with van der Waals surface area (Å²) in [7, 11) is -3.02. The molecule has 2 aromatic rings. The van der Waals surface area contributed by atoms with Gasteiger partial charge in [-0.25, -0.2) is 8.42 Å². The van der Waals surface area contributed by atoms with Crippen molar-refractivity contribution >= 4 is 32.3 Å². The number of carbonyl (C=O) groups is 1. The SMILES string of the molecule is CCn1c(O)c(N=NC(=O)C[C@@H]2CCS(=O)(=O)C2)c2cc(C)ccc21. The predicted molar refractivity (Wildman–Crippen MR) is 94.9 cm³/mol. The summed E-state index contributed by atoms with van der Waals surface area (Å²) < 4.78 is 24.6. The molecule has 7 nitrogen and oxygen atoms in total. The zero-order valence-electron chi connectivity index (χ0n) is 14.3. The third-order valence-corrected chi connectivity index (χ3v) is 6.37. The summed E-state index contributed by atoms with van der Waals surface area (Å²) in [6.07, 6.45) is 0.554. The van der Waals surface area contributed by atoms with E-state index in [1.807, 2.05) is 32.0 Å². The monoisotopic (exact) mass is 363 g/mol. The Labute approximate surface area is 146 Å². The van der Waals surface area contributed by atoms with Crippen molar-refractivity contribution in [1.82, 2.24) is 4.57 Å². The first-order chi connectivity index (χ1) is 11.8. The Balaban J connectivity index is 1.85. The summed E-state index contributed by atoms with van der Waals surface area (Å²) in [6, 6.07) is 5.74. The Kier molecular flexibility index (Phi) is 4.64. The first-order valence-electron chi connectivity index (χ1n) is 8.27. The first-order valence-corrected chi connectivity index (χ1v) is 10.1. The number of aromatic hydroxyl groups is 1. The van der Waals surface area contributed by atoms with E-state index in [1.54, 1.807) is 4.57 Å². The number of carbonyl (C=O) groups excluding carboxylic acids is 1. The van der Waals surface area contributed by atoms with Crippen molar-refractivity contribution in [3.05, 3.63) is 23.8 Å². The molecular weight excluding hydrogens is 342 g/mol. The van der Waals surface area contributed by atoms with Gasteiger partial charge in [0.15, 0.2) is 15.5 Å². The van der Waals surface area contributed by atoms with Crippen LogP contribution in [-0.2, 0) is 21.2 Å². The number of sulfone groups is 1. The topological polar surface area (TPSA) is 101 Å². The van der Waals surface area contributed by atoms with Crippen LogP contribution in [0.4, 0.5) is 5.69 Å². The number of aryl methyl sites for hydroxylation is 2. The van der Waals surface area contributed by atoms with Gasteiger partial charge in [-0.1, -0.05) is 11.6 Å². The summed E-state index contributed by atoms with van der Waals surface area (Å²) in [6.45, 7) is 4.41. The molecule has 0 spiro atoms. The van der Waals surface area contributed by atoms with Crippen LogP contribution in [0.15, 0.2) is 28.4 Å². The van der Waals surface area contributed by atoms with Crippen molar-refractivity contribution in [1.29, 1.82) is 0 Å². The zero-order chi connectivity index (χ0) is 18.2. The second-order valence-electron chi connectivity index (χ2n) is 6.50. The van der Waals surface area contributed by atoms with E-state index in [9.17, 15) is 18.3 Å². The lowest BCUT2D eigenvalue weighted by atomic mass is 10.1. The van der Waals surface area contributed by atoms with E-state index >= 15 is 0 Å². The van der Waals surface area contributed by atoms with Gasteiger partial charge in [0.2, 0.25) is 5.88 Å². The van der Waals surface area contributed by atoms with E-state index in [4.69, 9.17) is 0 Å². The molecule has 8 heteroatoms. The van der Waals surface area contributed by atoms with Crippen LogP contribution in [0.2, 0.25) is 0 Å². The number of nitrogens with zero attached hydrogens (tertiary/aromatic N) is 3. The lowest BCUT2D eigenvalue weighted by molar-refractivity contribution is -0.119. The standard InChI is InChI=1S/C17H21N3O4S/c1-3-20-14-5-4-11(2)8-13(14)16(17(20)22)19-18-15(21)9-12-6-7-25(23,24)10-12/h4-5,8,12,22H,3,6-7,9-10H2,1-2H3/t12-/m0/s1. The molecule has 0 radical (unpaired) electrons. The summed E-state index contributed by atoms with van der Waals surface area (Å²) in [5.74, 6) is -0.515. The van der Waals surface area contributed by atoms with Crippen molar-refractivity contribution in [2.45, 2.75) is 33.2 Å². The van der Waals surface area contributed by atoms with E-state index in [2.05, 4.69) is 10.2 Å². The summed E-state index contributed by atoms with van der Waals surface area (Å²) in [5, 5.41) is 18.8. The van der Waals surface area contributed by atoms with Crippen LogP contribution in [0.3, 0.4) is 0 Å². The smallest absolute Gasteiger partial charge is 0.265 e. The second-order valence-corrected chi connectivity index (χ2v) is 8.73. The minimum absolute atomic E-state index is 0.0249. The highest BCUT2D eigenvalue weighted by molar-refractivity contribution is 7.91. The van der Waals surface area contributed by atoms with Gasteiger partial charge in [0.25, 0.3) is 5.91 Å². The molecule has 2 heterocycles. The van der Waals surface area contributed by atoms with Gasteiger partial charge in [0.1, 0.15) is 0 Å². The van der Waals surface area contributed by atoms with Crippen molar-refractivity contribution < 1.29 is 18.3 Å². The lowest BCUT2D eigenvalue weighted by Gasteiger charge is -2.02. The van der Waals surface area contributed by atoms with Crippen LogP contribution in [-0.4, -0.2) is 35.5 Å². The zero-order valence-corrected chi connectivity index (χ0v) is 15.1. The summed E-state index contributed by atoms with van der Waals surface area (Å²) in [5.41, 5.74) is 2.11. The number of benzene rings is 1. The number of hydrogen-bond acceptors (Lipinski definition) is 5. The summed E-state index contributed by atoms with van der Waals surface area (Å²) in [4.78, 5) is 12.0. The van der Waals surface area contributed by atoms with E-state index in [-0.39, 0.29) is 35.4 Å². The maximum Gasteiger partial charge on any atom is 0.265 e. The largest absolute Gasteiger partial charge is 0.493 e. The Bertz CT molecular complexity index is 960. The van der Waals surface area contributed by atoms with Gasteiger partial charge >= 0.3 is 0 Å². The van der Waals surface area contributed by atoms with Gasteiger partial charge < -0.3 is 9.67 Å². The van der Waals surface area contributed by atoms with Crippen LogP contribution in [0.5, 0.6) is 5.88 Å². The Hall–Kier alpha value is -2.22. The molecule has 3 rings (SSSR count). The number of azo groups is 1. The van der Waals surface area contributed by atoms with Gasteiger partial charge in [-0.3, -0.25) is 4.79 Å². The van der Waals surface area contributed by atoms with Gasteiger partial charge in [0.05, 0.1) is 17.0 Å². The van der Waals surface area contributed by atoms with Crippen LogP contribution >= 0.6 is 0 Å². The number of hydrogen-bond donors (Lipinski definition) is 1. The Morgan fingerprint density at radius 3 is 2.80 bits per heavy atom.